The monoisotopic (exact) mass is 248 g/mol. The number of rotatable bonds is 2. The van der Waals surface area contributed by atoms with Crippen LogP contribution in [-0.2, 0) is 0 Å². The van der Waals surface area contributed by atoms with E-state index in [9.17, 15) is 9.18 Å². The number of carbonyl (C=O) groups is 1. The standard InChI is InChI=1S/C14H10ClFO/c1-9-2-5-14(16)12(6-9)10-3-4-13(15)11(7-10)8-17/h2-8H,1H3. The Kier molecular flexibility index (Phi) is 3.25. The summed E-state index contributed by atoms with van der Waals surface area (Å²) in [5.74, 6) is -0.310. The maximum atomic E-state index is 13.7. The average molecular weight is 249 g/mol. The minimum atomic E-state index is -0.310. The van der Waals surface area contributed by atoms with Gasteiger partial charge in [-0.1, -0.05) is 29.3 Å². The maximum absolute atomic E-state index is 13.7. The Morgan fingerprint density at radius 3 is 2.65 bits per heavy atom. The van der Waals surface area contributed by atoms with Crippen LogP contribution in [0.5, 0.6) is 0 Å². The van der Waals surface area contributed by atoms with Gasteiger partial charge in [-0.2, -0.15) is 0 Å². The minimum absolute atomic E-state index is 0.310. The summed E-state index contributed by atoms with van der Waals surface area (Å²) in [6.45, 7) is 1.89. The van der Waals surface area contributed by atoms with Crippen molar-refractivity contribution in [2.75, 3.05) is 0 Å². The average Bonchev–Trinajstić information content (AvgIpc) is 2.33. The van der Waals surface area contributed by atoms with Crippen LogP contribution >= 0.6 is 11.6 Å². The number of hydrogen-bond acceptors (Lipinski definition) is 1. The van der Waals surface area contributed by atoms with E-state index in [0.29, 0.717) is 28.0 Å². The van der Waals surface area contributed by atoms with Crippen LogP contribution in [0, 0.1) is 12.7 Å². The first-order valence-corrected chi connectivity index (χ1v) is 5.51. The lowest BCUT2D eigenvalue weighted by Gasteiger charge is -2.06. The first-order chi connectivity index (χ1) is 8.11. The van der Waals surface area contributed by atoms with Gasteiger partial charge in [0.15, 0.2) is 6.29 Å². The highest BCUT2D eigenvalue weighted by atomic mass is 35.5. The second-order valence-electron chi connectivity index (χ2n) is 3.84. The molecule has 0 aromatic heterocycles. The molecule has 3 heteroatoms. The van der Waals surface area contributed by atoms with Gasteiger partial charge in [0.25, 0.3) is 0 Å². The molecule has 0 amide bonds. The van der Waals surface area contributed by atoms with Gasteiger partial charge in [-0.25, -0.2) is 4.39 Å². The fourth-order valence-electron chi connectivity index (χ4n) is 1.66. The van der Waals surface area contributed by atoms with Gasteiger partial charge in [0.05, 0.1) is 5.02 Å². The fourth-order valence-corrected chi connectivity index (χ4v) is 1.82. The van der Waals surface area contributed by atoms with Crippen molar-refractivity contribution in [2.24, 2.45) is 0 Å². The van der Waals surface area contributed by atoms with Gasteiger partial charge in [-0.3, -0.25) is 4.79 Å². The summed E-state index contributed by atoms with van der Waals surface area (Å²) in [5, 5.41) is 0.372. The largest absolute Gasteiger partial charge is 0.298 e. The summed E-state index contributed by atoms with van der Waals surface area (Å²) >= 11 is 5.83. The minimum Gasteiger partial charge on any atom is -0.298 e. The summed E-state index contributed by atoms with van der Waals surface area (Å²) in [4.78, 5) is 10.8. The molecule has 0 atom stereocenters. The van der Waals surface area contributed by atoms with Crippen LogP contribution in [0.2, 0.25) is 5.02 Å². The normalized spacial score (nSPS) is 10.3. The quantitative estimate of drug-likeness (QED) is 0.726. The molecule has 2 rings (SSSR count). The smallest absolute Gasteiger partial charge is 0.151 e. The van der Waals surface area contributed by atoms with Crippen molar-refractivity contribution >= 4 is 17.9 Å². The number of aryl methyl sites for hydroxylation is 1. The van der Waals surface area contributed by atoms with E-state index >= 15 is 0 Å². The Bertz CT molecular complexity index is 578. The van der Waals surface area contributed by atoms with Crippen LogP contribution in [0.1, 0.15) is 15.9 Å². The maximum Gasteiger partial charge on any atom is 0.151 e. The van der Waals surface area contributed by atoms with Crippen LogP contribution in [0.15, 0.2) is 36.4 Å². The summed E-state index contributed by atoms with van der Waals surface area (Å²) in [6, 6.07) is 9.76. The van der Waals surface area contributed by atoms with E-state index in [2.05, 4.69) is 0 Å². The predicted octanol–water partition coefficient (Wildman–Crippen LogP) is 4.27. The van der Waals surface area contributed by atoms with Crippen molar-refractivity contribution in [3.8, 4) is 11.1 Å². The Balaban J connectivity index is 2.60. The third kappa shape index (κ3) is 2.37. The first-order valence-electron chi connectivity index (χ1n) is 5.13. The molecule has 1 nitrogen and oxygen atoms in total. The Hall–Kier alpha value is -1.67. The van der Waals surface area contributed by atoms with Crippen LogP contribution in [-0.4, -0.2) is 6.29 Å². The molecule has 17 heavy (non-hydrogen) atoms. The Labute approximate surface area is 104 Å². The highest BCUT2D eigenvalue weighted by Gasteiger charge is 2.07. The SMILES string of the molecule is Cc1ccc(F)c(-c2ccc(Cl)c(C=O)c2)c1. The van der Waals surface area contributed by atoms with Crippen molar-refractivity contribution in [2.45, 2.75) is 6.92 Å². The number of hydrogen-bond donors (Lipinski definition) is 0. The molecule has 0 heterocycles. The van der Waals surface area contributed by atoms with Crippen molar-refractivity contribution in [1.82, 2.24) is 0 Å². The molecule has 0 aliphatic carbocycles. The molecule has 0 unspecified atom stereocenters. The molecule has 0 N–H and O–H groups in total. The molecule has 0 saturated carbocycles. The zero-order valence-corrected chi connectivity index (χ0v) is 9.96. The van der Waals surface area contributed by atoms with Crippen molar-refractivity contribution < 1.29 is 9.18 Å². The molecular formula is C14H10ClFO. The molecule has 0 aliphatic rings. The predicted molar refractivity (Wildman–Crippen MR) is 67.0 cm³/mol. The molecule has 2 aromatic carbocycles. The fraction of sp³-hybridized carbons (Fsp3) is 0.0714. The molecule has 0 saturated heterocycles. The third-order valence-corrected chi connectivity index (χ3v) is 2.90. The highest BCUT2D eigenvalue weighted by Crippen LogP contribution is 2.27. The molecule has 0 bridgehead atoms. The number of halogens is 2. The van der Waals surface area contributed by atoms with Gasteiger partial charge in [0.2, 0.25) is 0 Å². The molecule has 2 aromatic rings. The molecule has 0 spiro atoms. The van der Waals surface area contributed by atoms with E-state index in [4.69, 9.17) is 11.6 Å². The molecule has 86 valence electrons. The zero-order chi connectivity index (χ0) is 12.4. The van der Waals surface area contributed by atoms with Crippen molar-refractivity contribution in [3.63, 3.8) is 0 Å². The van der Waals surface area contributed by atoms with E-state index < -0.39 is 0 Å². The van der Waals surface area contributed by atoms with Gasteiger partial charge in [-0.05, 0) is 36.8 Å². The third-order valence-electron chi connectivity index (χ3n) is 2.56. The molecule has 0 fully saturated rings. The van der Waals surface area contributed by atoms with Crippen molar-refractivity contribution in [1.29, 1.82) is 0 Å². The van der Waals surface area contributed by atoms with E-state index in [-0.39, 0.29) is 5.82 Å². The zero-order valence-electron chi connectivity index (χ0n) is 9.21. The van der Waals surface area contributed by atoms with Gasteiger partial charge >= 0.3 is 0 Å². The van der Waals surface area contributed by atoms with Crippen LogP contribution in [0.4, 0.5) is 4.39 Å². The van der Waals surface area contributed by atoms with Crippen LogP contribution in [0.3, 0.4) is 0 Å². The Morgan fingerprint density at radius 1 is 1.18 bits per heavy atom. The lowest BCUT2D eigenvalue weighted by molar-refractivity contribution is 0.112. The molecular weight excluding hydrogens is 239 g/mol. The summed E-state index contributed by atoms with van der Waals surface area (Å²) in [5.41, 5.74) is 2.46. The number of carbonyl (C=O) groups excluding carboxylic acids is 1. The number of aldehydes is 1. The summed E-state index contributed by atoms with van der Waals surface area (Å²) < 4.78 is 13.7. The summed E-state index contributed by atoms with van der Waals surface area (Å²) in [7, 11) is 0. The van der Waals surface area contributed by atoms with Crippen LogP contribution < -0.4 is 0 Å². The van der Waals surface area contributed by atoms with E-state index in [0.717, 1.165) is 5.56 Å². The highest BCUT2D eigenvalue weighted by molar-refractivity contribution is 6.33. The summed E-state index contributed by atoms with van der Waals surface area (Å²) in [6.07, 6.45) is 0.666. The number of benzene rings is 2. The van der Waals surface area contributed by atoms with Crippen molar-refractivity contribution in [3.05, 3.63) is 58.4 Å². The molecule has 0 aliphatic heterocycles. The second-order valence-corrected chi connectivity index (χ2v) is 4.24. The van der Waals surface area contributed by atoms with E-state index in [1.54, 1.807) is 30.3 Å². The van der Waals surface area contributed by atoms with E-state index in [1.165, 1.54) is 6.07 Å². The topological polar surface area (TPSA) is 17.1 Å². The van der Waals surface area contributed by atoms with Gasteiger partial charge < -0.3 is 0 Å². The lowest BCUT2D eigenvalue weighted by Crippen LogP contribution is -1.89. The van der Waals surface area contributed by atoms with Gasteiger partial charge in [0, 0.05) is 11.1 Å². The first kappa shape index (κ1) is 11.8. The lowest BCUT2D eigenvalue weighted by atomic mass is 10.0. The van der Waals surface area contributed by atoms with Crippen LogP contribution in [0.25, 0.3) is 11.1 Å². The van der Waals surface area contributed by atoms with Gasteiger partial charge in [-0.15, -0.1) is 0 Å². The van der Waals surface area contributed by atoms with Gasteiger partial charge in [0.1, 0.15) is 5.82 Å². The Morgan fingerprint density at radius 2 is 1.94 bits per heavy atom. The molecule has 0 radical (unpaired) electrons. The second kappa shape index (κ2) is 4.68. The van der Waals surface area contributed by atoms with E-state index in [1.807, 2.05) is 6.92 Å².